The molecule has 3 rings (SSSR count). The number of rotatable bonds is 18. The number of carbonyl (C=O) groups is 4. The number of aliphatic hydroxyl groups is 1. The summed E-state index contributed by atoms with van der Waals surface area (Å²) < 4.78 is 26.7. The Labute approximate surface area is 304 Å². The van der Waals surface area contributed by atoms with Gasteiger partial charge in [-0.2, -0.15) is 0 Å². The molecule has 1 aliphatic heterocycles. The molecular weight excluding hydrogens is 680 g/mol. The number of benzene rings is 1. The molecule has 3 amide bonds. The fourth-order valence-corrected chi connectivity index (χ4v) is 6.14. The number of amides is 3. The van der Waals surface area contributed by atoms with Gasteiger partial charge in [-0.3, -0.25) is 14.4 Å². The summed E-state index contributed by atoms with van der Waals surface area (Å²) in [6.45, 7) is 13.8. The van der Waals surface area contributed by atoms with Crippen LogP contribution in [0.5, 0.6) is 0 Å². The Balaban J connectivity index is 1.41. The first kappa shape index (κ1) is 41.9. The van der Waals surface area contributed by atoms with E-state index in [2.05, 4.69) is 10.3 Å². The lowest BCUT2D eigenvalue weighted by molar-refractivity contribution is -0.160. The van der Waals surface area contributed by atoms with Crippen molar-refractivity contribution in [3.63, 3.8) is 0 Å². The molecule has 284 valence electrons. The molecule has 2 aromatic rings. The summed E-state index contributed by atoms with van der Waals surface area (Å²) in [7, 11) is 1.64. The van der Waals surface area contributed by atoms with Crippen LogP contribution in [-0.2, 0) is 42.9 Å². The number of aryl methyl sites for hydroxylation is 1. The van der Waals surface area contributed by atoms with Crippen molar-refractivity contribution in [2.45, 2.75) is 78.7 Å². The van der Waals surface area contributed by atoms with Gasteiger partial charge in [0, 0.05) is 25.7 Å². The molecule has 14 nitrogen and oxygen atoms in total. The molecule has 0 aliphatic carbocycles. The van der Waals surface area contributed by atoms with E-state index in [1.165, 1.54) is 9.80 Å². The molecular formula is C36H54N4O10S. The van der Waals surface area contributed by atoms with Gasteiger partial charge in [0.1, 0.15) is 30.9 Å². The van der Waals surface area contributed by atoms with E-state index in [9.17, 15) is 24.3 Å². The lowest BCUT2D eigenvalue weighted by Crippen LogP contribution is -2.58. The number of likely N-dealkylation sites (tertiary alicyclic amines) is 1. The van der Waals surface area contributed by atoms with E-state index < -0.39 is 47.0 Å². The predicted molar refractivity (Wildman–Crippen MR) is 192 cm³/mol. The third-order valence-electron chi connectivity index (χ3n) is 7.85. The van der Waals surface area contributed by atoms with Gasteiger partial charge in [0.25, 0.3) is 0 Å². The van der Waals surface area contributed by atoms with Crippen molar-refractivity contribution in [2.75, 3.05) is 71.3 Å². The quantitative estimate of drug-likeness (QED) is 0.171. The van der Waals surface area contributed by atoms with Crippen molar-refractivity contribution in [3.8, 4) is 10.4 Å². The van der Waals surface area contributed by atoms with Gasteiger partial charge in [0.2, 0.25) is 17.7 Å². The first-order chi connectivity index (χ1) is 24.0. The minimum absolute atomic E-state index is 0.0220. The third kappa shape index (κ3) is 13.5. The number of nitrogens with one attached hydrogen (secondary N) is 1. The average Bonchev–Trinajstić information content (AvgIpc) is 3.66. The molecule has 0 unspecified atom stereocenters. The molecule has 1 aromatic heterocycles. The Bertz CT molecular complexity index is 1440. The van der Waals surface area contributed by atoms with Gasteiger partial charge < -0.3 is 43.9 Å². The number of thiazole rings is 1. The zero-order chi connectivity index (χ0) is 37.8. The summed E-state index contributed by atoms with van der Waals surface area (Å²) in [6, 6.07) is 5.67. The van der Waals surface area contributed by atoms with E-state index in [0.717, 1.165) is 16.1 Å². The molecule has 2 N–H and O–H groups in total. The summed E-state index contributed by atoms with van der Waals surface area (Å²) >= 11 is 1.54. The van der Waals surface area contributed by atoms with E-state index in [4.69, 9.17) is 23.7 Å². The van der Waals surface area contributed by atoms with Crippen molar-refractivity contribution < 1.29 is 48.0 Å². The first-order valence-corrected chi connectivity index (χ1v) is 17.9. The van der Waals surface area contributed by atoms with Crippen LogP contribution in [0.2, 0.25) is 0 Å². The fraction of sp³-hybridized carbons (Fsp3) is 0.639. The summed E-state index contributed by atoms with van der Waals surface area (Å²) in [4.78, 5) is 60.3. The van der Waals surface area contributed by atoms with E-state index >= 15 is 0 Å². The Morgan fingerprint density at radius 3 is 2.04 bits per heavy atom. The minimum Gasteiger partial charge on any atom is -0.458 e. The minimum atomic E-state index is -0.969. The summed E-state index contributed by atoms with van der Waals surface area (Å²) in [5, 5.41) is 13.3. The van der Waals surface area contributed by atoms with Gasteiger partial charge in [-0.1, -0.05) is 32.9 Å². The second-order valence-electron chi connectivity index (χ2n) is 14.4. The van der Waals surface area contributed by atoms with Crippen molar-refractivity contribution in [1.29, 1.82) is 0 Å². The summed E-state index contributed by atoms with van der Waals surface area (Å²) in [6.07, 6.45) is -0.788. The smallest absolute Gasteiger partial charge is 0.332 e. The number of β-amino-alcohol motifs (C(OH)–C–C–N with tert-alkyl or cyclic N) is 1. The van der Waals surface area contributed by atoms with Crippen molar-refractivity contribution in [1.82, 2.24) is 15.2 Å². The first-order valence-electron chi connectivity index (χ1n) is 17.1. The largest absolute Gasteiger partial charge is 0.458 e. The van der Waals surface area contributed by atoms with Crippen LogP contribution in [0.3, 0.4) is 0 Å². The van der Waals surface area contributed by atoms with E-state index in [1.807, 2.05) is 52.0 Å². The monoisotopic (exact) mass is 734 g/mol. The summed E-state index contributed by atoms with van der Waals surface area (Å²) in [5.41, 5.74) is 3.11. The lowest BCUT2D eigenvalue weighted by atomic mass is 9.85. The molecule has 1 aliphatic rings. The molecule has 51 heavy (non-hydrogen) atoms. The summed E-state index contributed by atoms with van der Waals surface area (Å²) in [5.74, 6) is -1.71. The molecule has 1 saturated heterocycles. The third-order valence-corrected chi connectivity index (χ3v) is 8.83. The molecule has 3 atom stereocenters. The van der Waals surface area contributed by atoms with Crippen LogP contribution in [0.15, 0.2) is 29.8 Å². The SMILES string of the molecule is Cc1ncsc1-c1ccc(N(C)C(=O)[C@@H]2C[C@@H](O)CN2C(=O)[C@@H](NC(=O)COCCOCCOCCOCC(=O)OC(C)(C)C)C(C)(C)C)cc1. The number of hydrogen-bond acceptors (Lipinski definition) is 12. The number of nitrogens with zero attached hydrogens (tertiary/aromatic N) is 3. The molecule has 0 spiro atoms. The van der Waals surface area contributed by atoms with Crippen LogP contribution >= 0.6 is 11.3 Å². The number of aliphatic hydroxyl groups excluding tert-OH is 1. The molecule has 0 bridgehead atoms. The average molecular weight is 735 g/mol. The van der Waals surface area contributed by atoms with Crippen molar-refractivity contribution in [3.05, 3.63) is 35.5 Å². The zero-order valence-corrected chi connectivity index (χ0v) is 31.9. The second kappa shape index (κ2) is 19.4. The van der Waals surface area contributed by atoms with E-state index in [1.54, 1.807) is 44.7 Å². The fourth-order valence-electron chi connectivity index (χ4n) is 5.32. The second-order valence-corrected chi connectivity index (χ2v) is 15.2. The molecule has 1 fully saturated rings. The van der Waals surface area contributed by atoms with Crippen LogP contribution in [0, 0.1) is 12.3 Å². The van der Waals surface area contributed by atoms with Gasteiger partial charge in [-0.05, 0) is 50.8 Å². The van der Waals surface area contributed by atoms with Crippen LogP contribution in [0.1, 0.15) is 53.7 Å². The standard InChI is InChI=1S/C36H54N4O10S/c1-24-31(51-23-37-24)25-9-11-26(12-10-25)39(8)33(44)28-19-27(41)20-40(28)34(45)32(35(2,3)4)38-29(42)21-48-17-15-46-13-14-47-16-18-49-22-30(43)50-36(5,6)7/h9-12,23,27-28,32,41H,13-22H2,1-8H3,(H,38,42)/t27-,28+,32-/m1/s1. The Hall–Kier alpha value is -3.47. The maximum absolute atomic E-state index is 13.9. The van der Waals surface area contributed by atoms with Gasteiger partial charge in [0.05, 0.1) is 61.8 Å². The maximum Gasteiger partial charge on any atom is 0.332 e. The Morgan fingerprint density at radius 2 is 1.51 bits per heavy atom. The zero-order valence-electron chi connectivity index (χ0n) is 31.1. The Kier molecular flexibility index (Phi) is 15.9. The van der Waals surface area contributed by atoms with Gasteiger partial charge >= 0.3 is 5.97 Å². The lowest BCUT2D eigenvalue weighted by Gasteiger charge is -2.36. The topological polar surface area (TPSA) is 166 Å². The van der Waals surface area contributed by atoms with Crippen LogP contribution in [0.4, 0.5) is 5.69 Å². The van der Waals surface area contributed by atoms with Crippen molar-refractivity contribution >= 4 is 40.7 Å². The van der Waals surface area contributed by atoms with Gasteiger partial charge in [-0.25, -0.2) is 9.78 Å². The highest BCUT2D eigenvalue weighted by Gasteiger charge is 2.45. The van der Waals surface area contributed by atoms with E-state index in [-0.39, 0.29) is 51.9 Å². The maximum atomic E-state index is 13.9. The van der Waals surface area contributed by atoms with Crippen LogP contribution in [0.25, 0.3) is 10.4 Å². The molecule has 0 saturated carbocycles. The highest BCUT2D eigenvalue weighted by atomic mass is 32.1. The molecule has 15 heteroatoms. The van der Waals surface area contributed by atoms with Crippen LogP contribution < -0.4 is 10.2 Å². The van der Waals surface area contributed by atoms with Crippen LogP contribution in [-0.4, -0.2) is 129 Å². The number of likely N-dealkylation sites (N-methyl/N-ethyl adjacent to an activating group) is 1. The number of anilines is 1. The number of aromatic nitrogens is 1. The van der Waals surface area contributed by atoms with E-state index in [0.29, 0.717) is 25.5 Å². The van der Waals surface area contributed by atoms with Crippen molar-refractivity contribution in [2.24, 2.45) is 5.41 Å². The number of esters is 1. The number of ether oxygens (including phenoxy) is 5. The molecule has 0 radical (unpaired) electrons. The molecule has 2 heterocycles. The number of carbonyl (C=O) groups excluding carboxylic acids is 4. The number of hydrogen-bond donors (Lipinski definition) is 2. The predicted octanol–water partition coefficient (Wildman–Crippen LogP) is 2.98. The Morgan fingerprint density at radius 1 is 0.941 bits per heavy atom. The van der Waals surface area contributed by atoms with Gasteiger partial charge in [-0.15, -0.1) is 11.3 Å². The highest BCUT2D eigenvalue weighted by Crippen LogP contribution is 2.31. The normalized spacial score (nSPS) is 16.9. The van der Waals surface area contributed by atoms with Gasteiger partial charge in [0.15, 0.2) is 0 Å². The highest BCUT2D eigenvalue weighted by molar-refractivity contribution is 7.13. The molecule has 1 aromatic carbocycles.